The Morgan fingerprint density at radius 1 is 1.77 bits per heavy atom. The molecule has 2 heterocycles. The van der Waals surface area contributed by atoms with Gasteiger partial charge < -0.3 is 0 Å². The van der Waals surface area contributed by atoms with Crippen molar-refractivity contribution in [3.05, 3.63) is 6.33 Å². The third-order valence-corrected chi connectivity index (χ3v) is 2.52. The van der Waals surface area contributed by atoms with Crippen molar-refractivity contribution in [2.75, 3.05) is 17.3 Å². The monoisotopic (exact) mass is 200 g/mol. The van der Waals surface area contributed by atoms with Crippen LogP contribution in [0.3, 0.4) is 0 Å². The number of nitrogens with one attached hydrogen (secondary N) is 1. The number of halogens is 1. The molecule has 1 atom stereocenters. The van der Waals surface area contributed by atoms with Crippen molar-refractivity contribution in [3.8, 4) is 0 Å². The molecule has 0 aromatic carbocycles. The van der Waals surface area contributed by atoms with Crippen LogP contribution in [0.4, 0.5) is 5.95 Å². The Morgan fingerprint density at radius 3 is 3.15 bits per heavy atom. The van der Waals surface area contributed by atoms with Gasteiger partial charge >= 0.3 is 0 Å². The second-order valence-corrected chi connectivity index (χ2v) is 3.35. The zero-order valence-electron chi connectivity index (χ0n) is 6.90. The number of carbonyl (C=O) groups is 1. The van der Waals surface area contributed by atoms with Crippen LogP contribution in [0.1, 0.15) is 6.42 Å². The van der Waals surface area contributed by atoms with Crippen molar-refractivity contribution < 1.29 is 4.79 Å². The van der Waals surface area contributed by atoms with E-state index in [4.69, 9.17) is 11.6 Å². The van der Waals surface area contributed by atoms with E-state index in [-0.39, 0.29) is 11.8 Å². The molecule has 0 aliphatic carbocycles. The van der Waals surface area contributed by atoms with Gasteiger partial charge in [0.1, 0.15) is 6.33 Å². The lowest BCUT2D eigenvalue weighted by atomic mass is 10.2. The molecule has 6 heteroatoms. The van der Waals surface area contributed by atoms with Crippen LogP contribution >= 0.6 is 11.6 Å². The number of H-pyrrole nitrogens is 1. The number of nitrogens with zero attached hydrogens (tertiary/aromatic N) is 3. The van der Waals surface area contributed by atoms with Gasteiger partial charge in [0.2, 0.25) is 11.9 Å². The second kappa shape index (κ2) is 3.33. The average Bonchev–Trinajstić information content (AvgIpc) is 2.72. The van der Waals surface area contributed by atoms with Gasteiger partial charge in [-0.2, -0.15) is 10.1 Å². The van der Waals surface area contributed by atoms with Gasteiger partial charge in [-0.05, 0) is 5.92 Å². The van der Waals surface area contributed by atoms with Crippen molar-refractivity contribution in [1.29, 1.82) is 0 Å². The van der Waals surface area contributed by atoms with Crippen LogP contribution in [-0.4, -0.2) is 33.5 Å². The van der Waals surface area contributed by atoms with Crippen molar-refractivity contribution in [2.45, 2.75) is 6.42 Å². The van der Waals surface area contributed by atoms with E-state index in [9.17, 15) is 4.79 Å². The van der Waals surface area contributed by atoms with E-state index in [0.29, 0.717) is 24.8 Å². The van der Waals surface area contributed by atoms with Crippen molar-refractivity contribution in [2.24, 2.45) is 5.92 Å². The first-order valence-electron chi connectivity index (χ1n) is 4.03. The van der Waals surface area contributed by atoms with Gasteiger partial charge in [0.15, 0.2) is 0 Å². The first kappa shape index (κ1) is 8.50. The SMILES string of the molecule is O=C1CC(CCl)CN1c1ncn[nH]1. The predicted octanol–water partition coefficient (Wildman–Crippen LogP) is 0.396. The van der Waals surface area contributed by atoms with Crippen molar-refractivity contribution in [3.63, 3.8) is 0 Å². The topological polar surface area (TPSA) is 61.9 Å². The smallest absolute Gasteiger partial charge is 0.229 e. The molecule has 5 nitrogen and oxygen atoms in total. The molecule has 0 radical (unpaired) electrons. The highest BCUT2D eigenvalue weighted by molar-refractivity contribution is 6.18. The van der Waals surface area contributed by atoms with Gasteiger partial charge in [-0.1, -0.05) is 0 Å². The number of alkyl halides is 1. The Kier molecular flexibility index (Phi) is 2.18. The van der Waals surface area contributed by atoms with Gasteiger partial charge in [-0.25, -0.2) is 5.10 Å². The Labute approximate surface area is 80.1 Å². The van der Waals surface area contributed by atoms with E-state index in [2.05, 4.69) is 15.2 Å². The van der Waals surface area contributed by atoms with Crippen molar-refractivity contribution >= 4 is 23.5 Å². The van der Waals surface area contributed by atoms with E-state index in [1.807, 2.05) is 0 Å². The lowest BCUT2D eigenvalue weighted by Crippen LogP contribution is -2.25. The van der Waals surface area contributed by atoms with E-state index in [0.717, 1.165) is 0 Å². The number of aromatic amines is 1. The third-order valence-electron chi connectivity index (χ3n) is 2.08. The number of amides is 1. The molecular formula is C7H9ClN4O. The molecule has 13 heavy (non-hydrogen) atoms. The fraction of sp³-hybridized carbons (Fsp3) is 0.571. The van der Waals surface area contributed by atoms with Crippen LogP contribution in [0, 0.1) is 5.92 Å². The lowest BCUT2D eigenvalue weighted by Gasteiger charge is -2.10. The molecule has 1 N–H and O–H groups in total. The summed E-state index contributed by atoms with van der Waals surface area (Å²) in [5.74, 6) is 1.32. The predicted molar refractivity (Wildman–Crippen MR) is 47.6 cm³/mol. The maximum Gasteiger partial charge on any atom is 0.229 e. The van der Waals surface area contributed by atoms with E-state index in [1.165, 1.54) is 6.33 Å². The molecule has 2 rings (SSSR count). The van der Waals surface area contributed by atoms with E-state index < -0.39 is 0 Å². The summed E-state index contributed by atoms with van der Waals surface area (Å²) in [6, 6.07) is 0. The standard InChI is InChI=1S/C7H9ClN4O/c8-2-5-1-6(13)12(3-5)7-9-4-10-11-7/h4-5H,1-3H2,(H,9,10,11). The molecule has 0 saturated carbocycles. The first-order valence-corrected chi connectivity index (χ1v) is 4.56. The summed E-state index contributed by atoms with van der Waals surface area (Å²) in [6.45, 7) is 0.636. The number of rotatable bonds is 2. The maximum atomic E-state index is 11.4. The van der Waals surface area contributed by atoms with Crippen LogP contribution in [0.15, 0.2) is 6.33 Å². The van der Waals surface area contributed by atoms with Gasteiger partial charge in [-0.3, -0.25) is 9.69 Å². The molecule has 1 aliphatic rings. The number of carbonyl (C=O) groups excluding carboxylic acids is 1. The van der Waals surface area contributed by atoms with Gasteiger partial charge in [0.25, 0.3) is 0 Å². The highest BCUT2D eigenvalue weighted by atomic mass is 35.5. The summed E-state index contributed by atoms with van der Waals surface area (Å²) >= 11 is 5.67. The zero-order valence-corrected chi connectivity index (χ0v) is 7.66. The number of aromatic nitrogens is 3. The molecule has 70 valence electrons. The molecule has 1 aromatic heterocycles. The molecule has 1 unspecified atom stereocenters. The lowest BCUT2D eigenvalue weighted by molar-refractivity contribution is -0.117. The van der Waals surface area contributed by atoms with Crippen molar-refractivity contribution in [1.82, 2.24) is 15.2 Å². The highest BCUT2D eigenvalue weighted by Crippen LogP contribution is 2.21. The summed E-state index contributed by atoms with van der Waals surface area (Å²) < 4.78 is 0. The van der Waals surface area contributed by atoms with E-state index >= 15 is 0 Å². The average molecular weight is 201 g/mol. The Bertz CT molecular complexity index is 299. The molecule has 1 amide bonds. The van der Waals surface area contributed by atoms with Crippen LogP contribution < -0.4 is 4.90 Å². The first-order chi connectivity index (χ1) is 6.31. The number of hydrogen-bond donors (Lipinski definition) is 1. The molecular weight excluding hydrogens is 192 g/mol. The largest absolute Gasteiger partial charge is 0.281 e. The van der Waals surface area contributed by atoms with Crippen LogP contribution in [0.25, 0.3) is 0 Å². The highest BCUT2D eigenvalue weighted by Gasteiger charge is 2.31. The fourth-order valence-corrected chi connectivity index (χ4v) is 1.63. The van der Waals surface area contributed by atoms with Gasteiger partial charge in [0.05, 0.1) is 0 Å². The molecule has 0 bridgehead atoms. The molecule has 1 aliphatic heterocycles. The van der Waals surface area contributed by atoms with E-state index in [1.54, 1.807) is 4.90 Å². The minimum absolute atomic E-state index is 0.0578. The summed E-state index contributed by atoms with van der Waals surface area (Å²) in [4.78, 5) is 16.9. The quantitative estimate of drug-likeness (QED) is 0.703. The molecule has 1 saturated heterocycles. The normalized spacial score (nSPS) is 22.7. The molecule has 0 spiro atoms. The third kappa shape index (κ3) is 1.51. The van der Waals surface area contributed by atoms with Gasteiger partial charge in [0, 0.05) is 18.8 Å². The maximum absolute atomic E-state index is 11.4. The Balaban J connectivity index is 2.14. The van der Waals surface area contributed by atoms with Gasteiger partial charge in [-0.15, -0.1) is 11.6 Å². The summed E-state index contributed by atoms with van der Waals surface area (Å²) in [5.41, 5.74) is 0. The van der Waals surface area contributed by atoms with Crippen LogP contribution in [0.2, 0.25) is 0 Å². The second-order valence-electron chi connectivity index (χ2n) is 3.04. The number of hydrogen-bond acceptors (Lipinski definition) is 3. The Hall–Kier alpha value is -1.10. The zero-order chi connectivity index (χ0) is 9.26. The summed E-state index contributed by atoms with van der Waals surface area (Å²) in [5, 5.41) is 6.34. The number of anilines is 1. The molecule has 1 fully saturated rings. The Morgan fingerprint density at radius 2 is 2.62 bits per heavy atom. The fourth-order valence-electron chi connectivity index (χ4n) is 1.42. The summed E-state index contributed by atoms with van der Waals surface area (Å²) in [6.07, 6.45) is 1.89. The molecule has 1 aromatic rings. The summed E-state index contributed by atoms with van der Waals surface area (Å²) in [7, 11) is 0. The van der Waals surface area contributed by atoms with Crippen LogP contribution in [-0.2, 0) is 4.79 Å². The minimum Gasteiger partial charge on any atom is -0.281 e. The van der Waals surface area contributed by atoms with Crippen LogP contribution in [0.5, 0.6) is 0 Å². The minimum atomic E-state index is 0.0578.